The maximum atomic E-state index is 11.5. The standard InChI is InChI=1S/C12H15N3O4/c1-3-19-12(17)11(16)10(14-15-13)8-4-6-9(18-2)7-5-8/h4-7,10-11,16H,3H2,1-2H3/t10-,11-/m0/s1. The van der Waals surface area contributed by atoms with Crippen molar-refractivity contribution in [3.8, 4) is 5.75 Å². The molecular formula is C12H15N3O4. The van der Waals surface area contributed by atoms with Crippen molar-refractivity contribution in [2.45, 2.75) is 19.1 Å². The number of esters is 1. The smallest absolute Gasteiger partial charge is 0.335 e. The molecule has 7 nitrogen and oxygen atoms in total. The molecule has 0 amide bonds. The van der Waals surface area contributed by atoms with E-state index in [-0.39, 0.29) is 6.61 Å². The number of nitrogens with zero attached hydrogens (tertiary/aromatic N) is 3. The number of hydrogen-bond acceptors (Lipinski definition) is 5. The summed E-state index contributed by atoms with van der Waals surface area (Å²) < 4.78 is 9.70. The quantitative estimate of drug-likeness (QED) is 0.367. The molecule has 1 aromatic carbocycles. The van der Waals surface area contributed by atoms with E-state index in [1.54, 1.807) is 31.2 Å². The Balaban J connectivity index is 2.98. The number of methoxy groups -OCH3 is 1. The SMILES string of the molecule is CCOC(=O)[C@@H](O)[C@@H](N=[N+]=[N-])c1ccc(OC)cc1. The van der Waals surface area contributed by atoms with Gasteiger partial charge in [0.2, 0.25) is 0 Å². The van der Waals surface area contributed by atoms with Crippen molar-refractivity contribution in [2.24, 2.45) is 5.11 Å². The fourth-order valence-electron chi connectivity index (χ4n) is 1.53. The van der Waals surface area contributed by atoms with Gasteiger partial charge in [-0.15, -0.1) is 0 Å². The van der Waals surface area contributed by atoms with Gasteiger partial charge in [-0.1, -0.05) is 17.2 Å². The van der Waals surface area contributed by atoms with E-state index in [4.69, 9.17) is 15.0 Å². The van der Waals surface area contributed by atoms with Gasteiger partial charge in [0.05, 0.1) is 19.8 Å². The predicted octanol–water partition coefficient (Wildman–Crippen LogP) is 1.97. The van der Waals surface area contributed by atoms with Crippen molar-refractivity contribution < 1.29 is 19.4 Å². The molecule has 0 aromatic heterocycles. The van der Waals surface area contributed by atoms with E-state index < -0.39 is 18.1 Å². The molecule has 0 unspecified atom stereocenters. The zero-order valence-electron chi connectivity index (χ0n) is 10.7. The van der Waals surface area contributed by atoms with Gasteiger partial charge in [-0.25, -0.2) is 4.79 Å². The first kappa shape index (κ1) is 14.8. The van der Waals surface area contributed by atoms with Crippen LogP contribution in [-0.2, 0) is 9.53 Å². The van der Waals surface area contributed by atoms with Crippen molar-refractivity contribution in [3.05, 3.63) is 40.3 Å². The van der Waals surface area contributed by atoms with Crippen LogP contribution >= 0.6 is 0 Å². The molecule has 0 saturated carbocycles. The molecule has 0 saturated heterocycles. The van der Waals surface area contributed by atoms with Crippen molar-refractivity contribution in [3.63, 3.8) is 0 Å². The number of ether oxygens (including phenoxy) is 2. The molecule has 1 aromatic rings. The zero-order chi connectivity index (χ0) is 14.3. The zero-order valence-corrected chi connectivity index (χ0v) is 10.7. The molecule has 1 N–H and O–H groups in total. The fraction of sp³-hybridized carbons (Fsp3) is 0.417. The summed E-state index contributed by atoms with van der Waals surface area (Å²) in [6.45, 7) is 1.77. The van der Waals surface area contributed by atoms with E-state index in [0.717, 1.165) is 0 Å². The van der Waals surface area contributed by atoms with Gasteiger partial charge in [-0.05, 0) is 30.2 Å². The lowest BCUT2D eigenvalue weighted by Gasteiger charge is -2.17. The van der Waals surface area contributed by atoms with E-state index in [9.17, 15) is 9.90 Å². The minimum absolute atomic E-state index is 0.140. The highest BCUT2D eigenvalue weighted by Gasteiger charge is 2.27. The van der Waals surface area contributed by atoms with Crippen molar-refractivity contribution in [1.82, 2.24) is 0 Å². The van der Waals surface area contributed by atoms with Crippen molar-refractivity contribution in [2.75, 3.05) is 13.7 Å². The molecule has 0 heterocycles. The van der Waals surface area contributed by atoms with Crippen LogP contribution < -0.4 is 4.74 Å². The summed E-state index contributed by atoms with van der Waals surface area (Å²) in [7, 11) is 1.52. The molecule has 0 aliphatic rings. The van der Waals surface area contributed by atoms with Gasteiger partial charge in [0, 0.05) is 4.91 Å². The summed E-state index contributed by atoms with van der Waals surface area (Å²) in [5, 5.41) is 13.3. The predicted molar refractivity (Wildman–Crippen MR) is 67.5 cm³/mol. The summed E-state index contributed by atoms with van der Waals surface area (Å²) in [6.07, 6.45) is -1.54. The van der Waals surface area contributed by atoms with E-state index in [2.05, 4.69) is 10.0 Å². The van der Waals surface area contributed by atoms with Gasteiger partial charge >= 0.3 is 5.97 Å². The number of benzene rings is 1. The number of azide groups is 1. The molecule has 0 spiro atoms. The molecule has 0 aliphatic carbocycles. The van der Waals surface area contributed by atoms with Crippen LogP contribution in [0.25, 0.3) is 10.4 Å². The van der Waals surface area contributed by atoms with Crippen LogP contribution in [-0.4, -0.2) is 30.9 Å². The highest BCUT2D eigenvalue weighted by Crippen LogP contribution is 2.24. The van der Waals surface area contributed by atoms with Gasteiger partial charge in [0.1, 0.15) is 5.75 Å². The van der Waals surface area contributed by atoms with E-state index in [0.29, 0.717) is 11.3 Å². The average Bonchev–Trinajstić information content (AvgIpc) is 2.44. The molecule has 0 bridgehead atoms. The Bertz CT molecular complexity index is 468. The molecule has 7 heteroatoms. The maximum absolute atomic E-state index is 11.5. The molecule has 0 fully saturated rings. The second-order valence-corrected chi connectivity index (χ2v) is 3.62. The normalized spacial score (nSPS) is 13.0. The Morgan fingerprint density at radius 2 is 2.11 bits per heavy atom. The Morgan fingerprint density at radius 1 is 1.47 bits per heavy atom. The Hall–Kier alpha value is -2.24. The minimum Gasteiger partial charge on any atom is -0.497 e. The summed E-state index contributed by atoms with van der Waals surface area (Å²) >= 11 is 0. The first-order valence-electron chi connectivity index (χ1n) is 5.66. The third-order valence-electron chi connectivity index (χ3n) is 2.46. The summed E-state index contributed by atoms with van der Waals surface area (Å²) in [6, 6.07) is 5.48. The molecule has 0 aliphatic heterocycles. The largest absolute Gasteiger partial charge is 0.497 e. The van der Waals surface area contributed by atoms with Gasteiger partial charge in [0.15, 0.2) is 6.10 Å². The van der Waals surface area contributed by atoms with E-state index >= 15 is 0 Å². The first-order valence-corrected chi connectivity index (χ1v) is 5.66. The van der Waals surface area contributed by atoms with Crippen LogP contribution in [0.5, 0.6) is 5.75 Å². The number of carbonyl (C=O) groups is 1. The van der Waals surface area contributed by atoms with Gasteiger partial charge in [-0.3, -0.25) is 0 Å². The van der Waals surface area contributed by atoms with Crippen LogP contribution in [0.15, 0.2) is 29.4 Å². The molecule has 102 valence electrons. The molecule has 1 rings (SSSR count). The average molecular weight is 265 g/mol. The molecule has 0 radical (unpaired) electrons. The lowest BCUT2D eigenvalue weighted by Crippen LogP contribution is -2.28. The fourth-order valence-corrected chi connectivity index (χ4v) is 1.53. The second kappa shape index (κ2) is 7.25. The number of hydrogen-bond donors (Lipinski definition) is 1. The summed E-state index contributed by atoms with van der Waals surface area (Å²) in [4.78, 5) is 14.1. The second-order valence-electron chi connectivity index (χ2n) is 3.62. The lowest BCUT2D eigenvalue weighted by atomic mass is 10.0. The topological polar surface area (TPSA) is 105 Å². The Morgan fingerprint density at radius 3 is 2.58 bits per heavy atom. The molecule has 2 atom stereocenters. The molecular weight excluding hydrogens is 250 g/mol. The highest BCUT2D eigenvalue weighted by molar-refractivity contribution is 5.75. The van der Waals surface area contributed by atoms with E-state index in [1.165, 1.54) is 7.11 Å². The van der Waals surface area contributed by atoms with Crippen LogP contribution in [0.2, 0.25) is 0 Å². The lowest BCUT2D eigenvalue weighted by molar-refractivity contribution is -0.154. The molecule has 19 heavy (non-hydrogen) atoms. The number of carbonyl (C=O) groups excluding carboxylic acids is 1. The third-order valence-corrected chi connectivity index (χ3v) is 2.46. The Labute approximate surface area is 110 Å². The Kier molecular flexibility index (Phi) is 5.66. The monoisotopic (exact) mass is 265 g/mol. The van der Waals surface area contributed by atoms with Crippen molar-refractivity contribution in [1.29, 1.82) is 0 Å². The van der Waals surface area contributed by atoms with Gasteiger partial charge in [-0.2, -0.15) is 0 Å². The maximum Gasteiger partial charge on any atom is 0.335 e. The first-order chi connectivity index (χ1) is 9.13. The van der Waals surface area contributed by atoms with Crippen LogP contribution in [0, 0.1) is 0 Å². The third kappa shape index (κ3) is 3.87. The van der Waals surface area contributed by atoms with Gasteiger partial charge in [0.25, 0.3) is 0 Å². The summed E-state index contributed by atoms with van der Waals surface area (Å²) in [5.41, 5.74) is 9.03. The van der Waals surface area contributed by atoms with Crippen LogP contribution in [0.4, 0.5) is 0 Å². The number of aliphatic hydroxyl groups excluding tert-OH is 1. The van der Waals surface area contributed by atoms with Gasteiger partial charge < -0.3 is 14.6 Å². The number of rotatable bonds is 6. The minimum atomic E-state index is -1.54. The highest BCUT2D eigenvalue weighted by atomic mass is 16.5. The van der Waals surface area contributed by atoms with Crippen LogP contribution in [0.1, 0.15) is 18.5 Å². The summed E-state index contributed by atoms with van der Waals surface area (Å²) in [5.74, 6) is -0.204. The number of aliphatic hydroxyl groups is 1. The van der Waals surface area contributed by atoms with E-state index in [1.807, 2.05) is 0 Å². The van der Waals surface area contributed by atoms with Crippen LogP contribution in [0.3, 0.4) is 0 Å². The van der Waals surface area contributed by atoms with Crippen molar-refractivity contribution >= 4 is 5.97 Å².